The van der Waals surface area contributed by atoms with Crippen LogP contribution in [0, 0.1) is 0 Å². The lowest BCUT2D eigenvalue weighted by Crippen LogP contribution is -1.92. The van der Waals surface area contributed by atoms with Crippen LogP contribution >= 0.6 is 35.0 Å². The average Bonchev–Trinajstić information content (AvgIpc) is 2.30. The van der Waals surface area contributed by atoms with Gasteiger partial charge in [-0.05, 0) is 17.7 Å². The van der Waals surface area contributed by atoms with Crippen LogP contribution in [0.3, 0.4) is 0 Å². The zero-order valence-corrected chi connectivity index (χ0v) is 11.2. The highest BCUT2D eigenvalue weighted by molar-refractivity contribution is 7.98. The number of nitrogens with two attached hydrogens (primary N) is 1. The van der Waals surface area contributed by atoms with Gasteiger partial charge in [0.1, 0.15) is 5.03 Å². The molecule has 0 aliphatic carbocycles. The molecule has 2 N–H and O–H groups in total. The number of anilines is 1. The van der Waals surface area contributed by atoms with Gasteiger partial charge in [0.25, 0.3) is 0 Å². The van der Waals surface area contributed by atoms with Crippen molar-refractivity contribution < 1.29 is 0 Å². The predicted octanol–water partition coefficient (Wildman–Crippen LogP) is 4.26. The highest BCUT2D eigenvalue weighted by atomic mass is 35.5. The van der Waals surface area contributed by atoms with E-state index in [0.717, 1.165) is 21.4 Å². The third-order valence-electron chi connectivity index (χ3n) is 2.17. The molecule has 0 saturated carbocycles. The average molecular weight is 285 g/mol. The van der Waals surface area contributed by atoms with Crippen LogP contribution in [-0.2, 0) is 5.75 Å². The molecule has 0 amide bonds. The molecule has 17 heavy (non-hydrogen) atoms. The topological polar surface area (TPSA) is 38.9 Å². The van der Waals surface area contributed by atoms with Crippen LogP contribution < -0.4 is 5.73 Å². The van der Waals surface area contributed by atoms with E-state index < -0.39 is 0 Å². The van der Waals surface area contributed by atoms with Crippen LogP contribution in [0.25, 0.3) is 0 Å². The molecule has 0 atom stereocenters. The fourth-order valence-corrected chi connectivity index (χ4v) is 2.67. The summed E-state index contributed by atoms with van der Waals surface area (Å²) < 4.78 is 0. The SMILES string of the molecule is Nc1cc(Cl)cnc1SCc1ccccc1Cl. The Balaban J connectivity index is 2.10. The van der Waals surface area contributed by atoms with Gasteiger partial charge in [-0.15, -0.1) is 0 Å². The highest BCUT2D eigenvalue weighted by Gasteiger charge is 2.05. The van der Waals surface area contributed by atoms with Crippen molar-refractivity contribution in [1.82, 2.24) is 4.98 Å². The molecule has 5 heteroatoms. The van der Waals surface area contributed by atoms with Gasteiger partial charge in [0, 0.05) is 17.0 Å². The Morgan fingerprint density at radius 1 is 1.24 bits per heavy atom. The molecule has 0 spiro atoms. The van der Waals surface area contributed by atoms with E-state index in [1.54, 1.807) is 24.0 Å². The quantitative estimate of drug-likeness (QED) is 0.856. The molecule has 0 aliphatic rings. The number of halogens is 2. The maximum absolute atomic E-state index is 6.07. The van der Waals surface area contributed by atoms with Gasteiger partial charge in [0.05, 0.1) is 10.7 Å². The standard InChI is InChI=1S/C12H10Cl2N2S/c13-9-5-11(15)12(16-6-9)17-7-8-3-1-2-4-10(8)14/h1-6H,7,15H2. The number of rotatable bonds is 3. The van der Waals surface area contributed by atoms with Crippen LogP contribution in [0.1, 0.15) is 5.56 Å². The largest absolute Gasteiger partial charge is 0.396 e. The van der Waals surface area contributed by atoms with Crippen molar-refractivity contribution in [2.24, 2.45) is 0 Å². The van der Waals surface area contributed by atoms with Gasteiger partial charge in [-0.25, -0.2) is 4.98 Å². The molecule has 0 aliphatic heterocycles. The molecule has 1 heterocycles. The summed E-state index contributed by atoms with van der Waals surface area (Å²) in [5.41, 5.74) is 7.48. The number of pyridine rings is 1. The molecule has 0 radical (unpaired) electrons. The second-order valence-electron chi connectivity index (χ2n) is 3.43. The van der Waals surface area contributed by atoms with Gasteiger partial charge >= 0.3 is 0 Å². The third kappa shape index (κ3) is 3.28. The number of hydrogen-bond donors (Lipinski definition) is 1. The van der Waals surface area contributed by atoms with Gasteiger partial charge in [-0.1, -0.05) is 53.2 Å². The Bertz CT molecular complexity index is 532. The maximum Gasteiger partial charge on any atom is 0.119 e. The van der Waals surface area contributed by atoms with Crippen molar-refractivity contribution in [2.45, 2.75) is 10.8 Å². The molecular formula is C12H10Cl2N2S. The Labute approximate surface area is 114 Å². The molecule has 2 rings (SSSR count). The summed E-state index contributed by atoms with van der Waals surface area (Å²) in [6.07, 6.45) is 1.59. The first-order valence-corrected chi connectivity index (χ1v) is 6.68. The Hall–Kier alpha value is -0.900. The fourth-order valence-electron chi connectivity index (χ4n) is 1.32. The van der Waals surface area contributed by atoms with E-state index in [-0.39, 0.29) is 0 Å². The van der Waals surface area contributed by atoms with E-state index in [1.807, 2.05) is 24.3 Å². The van der Waals surface area contributed by atoms with E-state index >= 15 is 0 Å². The Kier molecular flexibility index (Phi) is 4.15. The van der Waals surface area contributed by atoms with Crippen LogP contribution in [0.2, 0.25) is 10.0 Å². The Morgan fingerprint density at radius 3 is 2.71 bits per heavy atom. The molecule has 1 aromatic heterocycles. The molecule has 0 fully saturated rings. The van der Waals surface area contributed by atoms with Gasteiger partial charge in [-0.3, -0.25) is 0 Å². The van der Waals surface area contributed by atoms with E-state index in [1.165, 1.54) is 0 Å². The van der Waals surface area contributed by atoms with E-state index in [9.17, 15) is 0 Å². The predicted molar refractivity (Wildman–Crippen MR) is 74.7 cm³/mol. The molecule has 0 unspecified atom stereocenters. The summed E-state index contributed by atoms with van der Waals surface area (Å²) >= 11 is 13.4. The molecule has 1 aromatic carbocycles. The molecule has 2 aromatic rings. The summed E-state index contributed by atoms with van der Waals surface area (Å²) in [6.45, 7) is 0. The minimum absolute atomic E-state index is 0.546. The first-order chi connectivity index (χ1) is 8.16. The zero-order chi connectivity index (χ0) is 12.3. The molecular weight excluding hydrogens is 275 g/mol. The molecule has 88 valence electrons. The lowest BCUT2D eigenvalue weighted by atomic mass is 10.2. The van der Waals surface area contributed by atoms with Crippen molar-refractivity contribution in [3.63, 3.8) is 0 Å². The first-order valence-electron chi connectivity index (χ1n) is 4.94. The van der Waals surface area contributed by atoms with Crippen molar-refractivity contribution in [3.8, 4) is 0 Å². The van der Waals surface area contributed by atoms with Crippen LogP contribution in [-0.4, -0.2) is 4.98 Å². The lowest BCUT2D eigenvalue weighted by Gasteiger charge is -2.06. The minimum atomic E-state index is 0.546. The monoisotopic (exact) mass is 284 g/mol. The normalized spacial score (nSPS) is 10.5. The highest BCUT2D eigenvalue weighted by Crippen LogP contribution is 2.29. The molecule has 0 saturated heterocycles. The van der Waals surface area contributed by atoms with Gasteiger partial charge < -0.3 is 5.73 Å². The number of benzene rings is 1. The maximum atomic E-state index is 6.07. The second kappa shape index (κ2) is 5.63. The number of aromatic nitrogens is 1. The molecule has 2 nitrogen and oxygen atoms in total. The van der Waals surface area contributed by atoms with Gasteiger partial charge in [0.2, 0.25) is 0 Å². The van der Waals surface area contributed by atoms with Crippen molar-refractivity contribution in [1.29, 1.82) is 0 Å². The Morgan fingerprint density at radius 2 is 2.00 bits per heavy atom. The van der Waals surface area contributed by atoms with Crippen molar-refractivity contribution >= 4 is 40.7 Å². The smallest absolute Gasteiger partial charge is 0.119 e. The third-order valence-corrected chi connectivity index (χ3v) is 3.81. The van der Waals surface area contributed by atoms with Crippen LogP contribution in [0.4, 0.5) is 5.69 Å². The summed E-state index contributed by atoms with van der Waals surface area (Å²) in [5.74, 6) is 0.735. The number of nitrogens with zero attached hydrogens (tertiary/aromatic N) is 1. The summed E-state index contributed by atoms with van der Waals surface area (Å²) in [7, 11) is 0. The number of nitrogen functional groups attached to an aromatic ring is 1. The van der Waals surface area contributed by atoms with E-state index in [0.29, 0.717) is 10.7 Å². The number of hydrogen-bond acceptors (Lipinski definition) is 3. The minimum Gasteiger partial charge on any atom is -0.396 e. The van der Waals surface area contributed by atoms with Crippen LogP contribution in [0.15, 0.2) is 41.6 Å². The van der Waals surface area contributed by atoms with Gasteiger partial charge in [0.15, 0.2) is 0 Å². The van der Waals surface area contributed by atoms with E-state index in [2.05, 4.69) is 4.98 Å². The summed E-state index contributed by atoms with van der Waals surface area (Å²) in [4.78, 5) is 4.19. The molecule has 0 bridgehead atoms. The fraction of sp³-hybridized carbons (Fsp3) is 0.0833. The second-order valence-corrected chi connectivity index (χ2v) is 5.24. The first kappa shape index (κ1) is 12.6. The lowest BCUT2D eigenvalue weighted by molar-refractivity contribution is 1.14. The summed E-state index contributed by atoms with van der Waals surface area (Å²) in [6, 6.07) is 9.42. The van der Waals surface area contributed by atoms with Gasteiger partial charge in [-0.2, -0.15) is 0 Å². The zero-order valence-electron chi connectivity index (χ0n) is 8.86. The number of thioether (sulfide) groups is 1. The van der Waals surface area contributed by atoms with E-state index in [4.69, 9.17) is 28.9 Å². The van der Waals surface area contributed by atoms with Crippen molar-refractivity contribution in [3.05, 3.63) is 52.1 Å². The van der Waals surface area contributed by atoms with Crippen molar-refractivity contribution in [2.75, 3.05) is 5.73 Å². The van der Waals surface area contributed by atoms with Crippen LogP contribution in [0.5, 0.6) is 0 Å². The summed E-state index contributed by atoms with van der Waals surface area (Å²) in [5, 5.41) is 2.08.